The highest BCUT2D eigenvalue weighted by Gasteiger charge is 2.22. The minimum Gasteiger partial charge on any atom is -0.480 e. The Morgan fingerprint density at radius 2 is 1.04 bits per heavy atom. The molecule has 10 nitrogen and oxygen atoms in total. The van der Waals surface area contributed by atoms with E-state index < -0.39 is 36.1 Å². The second-order valence-corrected chi connectivity index (χ2v) is 6.14. The second-order valence-electron chi connectivity index (χ2n) is 6.14. The largest absolute Gasteiger partial charge is 0.480 e. The number of rotatable bonds is 8. The zero-order valence-electron chi connectivity index (χ0n) is 14.1. The van der Waals surface area contributed by atoms with E-state index in [1.807, 2.05) is 0 Å². The third kappa shape index (κ3) is 9.49. The molecule has 0 spiro atoms. The molecule has 0 fully saturated rings. The fourth-order valence-electron chi connectivity index (χ4n) is 1.83. The summed E-state index contributed by atoms with van der Waals surface area (Å²) in [5, 5.41) is 28.3. The van der Waals surface area contributed by atoms with Crippen molar-refractivity contribution in [1.29, 1.82) is 0 Å². The molecule has 0 rings (SSSR count). The zero-order chi connectivity index (χ0) is 18.9. The van der Waals surface area contributed by atoms with Crippen molar-refractivity contribution in [2.45, 2.75) is 52.6 Å². The predicted octanol–water partition coefficient (Wildman–Crippen LogP) is 1.86. The molecule has 0 aromatic heterocycles. The van der Waals surface area contributed by atoms with Crippen LogP contribution in [0.5, 0.6) is 0 Å². The van der Waals surface area contributed by atoms with Crippen LogP contribution in [-0.4, -0.2) is 46.3 Å². The van der Waals surface area contributed by atoms with E-state index in [4.69, 9.17) is 10.2 Å². The molecular weight excluding hydrogens is 320 g/mol. The molecule has 136 valence electrons. The van der Waals surface area contributed by atoms with Gasteiger partial charge in [-0.3, -0.25) is 0 Å². The molecule has 10 heteroatoms. The molecule has 0 aliphatic heterocycles. The average molecular weight is 344 g/mol. The van der Waals surface area contributed by atoms with Crippen LogP contribution in [0.1, 0.15) is 40.5 Å². The lowest BCUT2D eigenvalue weighted by Crippen LogP contribution is -2.41. The number of azo groups is 1. The van der Waals surface area contributed by atoms with Gasteiger partial charge in [0.25, 0.3) is 0 Å². The van der Waals surface area contributed by atoms with E-state index in [0.29, 0.717) is 0 Å². The Hall–Kier alpha value is -2.52. The van der Waals surface area contributed by atoms with Gasteiger partial charge in [0.2, 0.25) is 0 Å². The molecule has 0 bridgehead atoms. The fourth-order valence-corrected chi connectivity index (χ4v) is 1.83. The molecule has 0 saturated carbocycles. The van der Waals surface area contributed by atoms with Crippen molar-refractivity contribution in [2.75, 3.05) is 0 Å². The Morgan fingerprint density at radius 3 is 1.25 bits per heavy atom. The van der Waals surface area contributed by atoms with Gasteiger partial charge in [-0.05, 0) is 24.7 Å². The van der Waals surface area contributed by atoms with Gasteiger partial charge in [-0.25, -0.2) is 19.2 Å². The van der Waals surface area contributed by atoms with Crippen molar-refractivity contribution >= 4 is 24.0 Å². The average Bonchev–Trinajstić information content (AvgIpc) is 2.42. The number of amides is 4. The molecule has 0 aromatic carbocycles. The van der Waals surface area contributed by atoms with Crippen molar-refractivity contribution in [3.05, 3.63) is 0 Å². The molecule has 0 unspecified atom stereocenters. The topological polar surface area (TPSA) is 158 Å². The molecule has 24 heavy (non-hydrogen) atoms. The monoisotopic (exact) mass is 344 g/mol. The first-order valence-corrected chi connectivity index (χ1v) is 7.51. The van der Waals surface area contributed by atoms with Gasteiger partial charge in [-0.2, -0.15) is 0 Å². The summed E-state index contributed by atoms with van der Waals surface area (Å²) < 4.78 is 0. The van der Waals surface area contributed by atoms with Crippen LogP contribution in [0.4, 0.5) is 9.59 Å². The maximum atomic E-state index is 11.5. The van der Waals surface area contributed by atoms with Crippen LogP contribution in [0.25, 0.3) is 0 Å². The molecule has 0 saturated heterocycles. The normalized spacial score (nSPS) is 13.8. The Kier molecular flexibility index (Phi) is 9.21. The summed E-state index contributed by atoms with van der Waals surface area (Å²) in [6.07, 6.45) is 0.385. The number of urea groups is 2. The highest BCUT2D eigenvalue weighted by molar-refractivity contribution is 5.85. The van der Waals surface area contributed by atoms with Gasteiger partial charge in [0.05, 0.1) is 0 Å². The number of carbonyl (C=O) groups excluding carboxylic acids is 2. The van der Waals surface area contributed by atoms with E-state index in [9.17, 15) is 19.2 Å². The van der Waals surface area contributed by atoms with Crippen LogP contribution < -0.4 is 10.6 Å². The molecule has 0 aliphatic carbocycles. The van der Waals surface area contributed by atoms with Crippen LogP contribution in [0, 0.1) is 11.8 Å². The number of hydrogen-bond acceptors (Lipinski definition) is 4. The molecule has 4 N–H and O–H groups in total. The standard InChI is InChI=1S/C14H24N4O6/c1-7(2)5-9(11(19)20)15-13(23)17-18-14(24)16-10(12(21)22)6-8(3)4/h7-10H,5-6H2,1-4H3,(H,15,23)(H,16,24)(H,19,20)(H,21,22)/b18-17+/t9-,10-/m0/s1. The summed E-state index contributed by atoms with van der Waals surface area (Å²) in [5.74, 6) is -2.39. The van der Waals surface area contributed by atoms with Gasteiger partial charge in [0, 0.05) is 0 Å². The molecule has 0 heterocycles. The van der Waals surface area contributed by atoms with Gasteiger partial charge < -0.3 is 20.8 Å². The Morgan fingerprint density at radius 1 is 0.750 bits per heavy atom. The van der Waals surface area contributed by atoms with Crippen molar-refractivity contribution in [3.8, 4) is 0 Å². The van der Waals surface area contributed by atoms with E-state index in [1.54, 1.807) is 27.7 Å². The van der Waals surface area contributed by atoms with Gasteiger partial charge >= 0.3 is 24.0 Å². The minimum atomic E-state index is -1.22. The summed E-state index contributed by atoms with van der Waals surface area (Å²) in [6.45, 7) is 7.16. The van der Waals surface area contributed by atoms with Crippen LogP contribution >= 0.6 is 0 Å². The third-order valence-corrected chi connectivity index (χ3v) is 2.84. The van der Waals surface area contributed by atoms with E-state index in [0.717, 1.165) is 0 Å². The van der Waals surface area contributed by atoms with E-state index in [-0.39, 0.29) is 24.7 Å². The third-order valence-electron chi connectivity index (χ3n) is 2.84. The predicted molar refractivity (Wildman–Crippen MR) is 83.7 cm³/mol. The fraction of sp³-hybridized carbons (Fsp3) is 0.714. The molecule has 2 atom stereocenters. The zero-order valence-corrected chi connectivity index (χ0v) is 14.1. The summed E-state index contributed by atoms with van der Waals surface area (Å²) in [5.41, 5.74) is 0. The lowest BCUT2D eigenvalue weighted by atomic mass is 10.0. The first kappa shape index (κ1) is 21.5. The first-order chi connectivity index (χ1) is 11.0. The lowest BCUT2D eigenvalue weighted by molar-refractivity contribution is -0.140. The maximum Gasteiger partial charge on any atom is 0.360 e. The Bertz CT molecular complexity index is 459. The number of nitrogens with one attached hydrogen (secondary N) is 2. The van der Waals surface area contributed by atoms with E-state index >= 15 is 0 Å². The van der Waals surface area contributed by atoms with Crippen LogP contribution in [0.2, 0.25) is 0 Å². The highest BCUT2D eigenvalue weighted by Crippen LogP contribution is 2.06. The SMILES string of the molecule is CC(C)C[C@H](NC(=O)/N=N/C(=O)N[C@@H](CC(C)C)C(=O)O)C(=O)O. The number of carboxylic acids is 2. The first-order valence-electron chi connectivity index (χ1n) is 7.51. The van der Waals surface area contributed by atoms with Gasteiger partial charge in [0.15, 0.2) is 0 Å². The van der Waals surface area contributed by atoms with Gasteiger partial charge in [0.1, 0.15) is 12.1 Å². The van der Waals surface area contributed by atoms with Crippen LogP contribution in [0.15, 0.2) is 10.2 Å². The minimum absolute atomic E-state index is 0.0268. The Labute approximate surface area is 139 Å². The summed E-state index contributed by atoms with van der Waals surface area (Å²) in [4.78, 5) is 45.0. The number of carbonyl (C=O) groups is 4. The number of nitrogens with zero attached hydrogens (tertiary/aromatic N) is 2. The van der Waals surface area contributed by atoms with Crippen molar-refractivity contribution in [3.63, 3.8) is 0 Å². The second kappa shape index (κ2) is 10.3. The summed E-state index contributed by atoms with van der Waals surface area (Å²) in [7, 11) is 0. The van der Waals surface area contributed by atoms with Crippen molar-refractivity contribution < 1.29 is 29.4 Å². The van der Waals surface area contributed by atoms with Gasteiger partial charge in [-0.1, -0.05) is 37.9 Å². The molecular formula is C14H24N4O6. The summed E-state index contributed by atoms with van der Waals surface area (Å²) >= 11 is 0. The van der Waals surface area contributed by atoms with Crippen LogP contribution in [-0.2, 0) is 9.59 Å². The highest BCUT2D eigenvalue weighted by atomic mass is 16.4. The van der Waals surface area contributed by atoms with E-state index in [1.165, 1.54) is 0 Å². The maximum absolute atomic E-state index is 11.5. The number of aliphatic carboxylic acids is 2. The van der Waals surface area contributed by atoms with Crippen molar-refractivity contribution in [1.82, 2.24) is 10.6 Å². The molecule has 0 aromatic rings. The van der Waals surface area contributed by atoms with Gasteiger partial charge in [-0.15, -0.1) is 0 Å². The smallest absolute Gasteiger partial charge is 0.360 e. The lowest BCUT2D eigenvalue weighted by Gasteiger charge is -2.15. The molecule has 4 amide bonds. The van der Waals surface area contributed by atoms with Crippen LogP contribution in [0.3, 0.4) is 0 Å². The number of carboxylic acid groups (broad SMARTS) is 2. The molecule has 0 radical (unpaired) electrons. The molecule has 0 aliphatic rings. The Balaban J connectivity index is 4.64. The van der Waals surface area contributed by atoms with E-state index in [2.05, 4.69) is 20.9 Å². The quantitative estimate of drug-likeness (QED) is 0.492. The van der Waals surface area contributed by atoms with Crippen molar-refractivity contribution in [2.24, 2.45) is 22.1 Å². The number of hydrogen-bond donors (Lipinski definition) is 4. The summed E-state index contributed by atoms with van der Waals surface area (Å²) in [6, 6.07) is -4.47.